The second-order valence-corrected chi connectivity index (χ2v) is 5.65. The van der Waals surface area contributed by atoms with Crippen LogP contribution in [-0.4, -0.2) is 17.6 Å². The molecular weight excluding hydrogens is 196 g/mol. The highest BCUT2D eigenvalue weighted by Gasteiger charge is 2.34. The molecule has 1 saturated carbocycles. The third-order valence-electron chi connectivity index (χ3n) is 4.01. The van der Waals surface area contributed by atoms with Gasteiger partial charge in [-0.05, 0) is 50.9 Å². The van der Waals surface area contributed by atoms with Crippen molar-refractivity contribution < 1.29 is 4.74 Å². The standard InChI is InChI=1S/C12H21ClO/c1-8-3-5-11(14-8)7-10-4-6-12(13)9(10)2/h8-12H,3-7H2,1-2H3. The SMILES string of the molecule is CC1CCC(CC2CCC(Cl)C2C)O1. The van der Waals surface area contributed by atoms with Crippen molar-refractivity contribution in [1.82, 2.24) is 0 Å². The lowest BCUT2D eigenvalue weighted by atomic mass is 9.91. The number of rotatable bonds is 2. The maximum Gasteiger partial charge on any atom is 0.0582 e. The monoisotopic (exact) mass is 216 g/mol. The lowest BCUT2D eigenvalue weighted by Crippen LogP contribution is -2.18. The van der Waals surface area contributed by atoms with Crippen LogP contribution in [0.3, 0.4) is 0 Å². The van der Waals surface area contributed by atoms with E-state index in [4.69, 9.17) is 16.3 Å². The van der Waals surface area contributed by atoms with E-state index in [1.807, 2.05) is 0 Å². The van der Waals surface area contributed by atoms with Gasteiger partial charge in [0.05, 0.1) is 12.2 Å². The van der Waals surface area contributed by atoms with Crippen LogP contribution in [0.4, 0.5) is 0 Å². The average molecular weight is 217 g/mol. The fourth-order valence-corrected chi connectivity index (χ4v) is 3.25. The lowest BCUT2D eigenvalue weighted by molar-refractivity contribution is 0.0378. The van der Waals surface area contributed by atoms with Gasteiger partial charge in [0.1, 0.15) is 0 Å². The van der Waals surface area contributed by atoms with Crippen molar-refractivity contribution in [3.8, 4) is 0 Å². The number of halogens is 1. The summed E-state index contributed by atoms with van der Waals surface area (Å²) in [6.07, 6.45) is 7.28. The number of alkyl halides is 1. The summed E-state index contributed by atoms with van der Waals surface area (Å²) in [6.45, 7) is 4.48. The Balaban J connectivity index is 1.80. The minimum absolute atomic E-state index is 0.416. The van der Waals surface area contributed by atoms with Gasteiger partial charge in [-0.3, -0.25) is 0 Å². The molecule has 1 aliphatic carbocycles. The predicted octanol–water partition coefficient (Wildman–Crippen LogP) is 3.60. The lowest BCUT2D eigenvalue weighted by Gasteiger charge is -2.20. The van der Waals surface area contributed by atoms with Gasteiger partial charge >= 0.3 is 0 Å². The molecule has 0 aromatic carbocycles. The van der Waals surface area contributed by atoms with Crippen LogP contribution in [0, 0.1) is 11.8 Å². The van der Waals surface area contributed by atoms with Gasteiger partial charge in [0, 0.05) is 5.38 Å². The third-order valence-corrected chi connectivity index (χ3v) is 4.63. The van der Waals surface area contributed by atoms with Crippen LogP contribution in [-0.2, 0) is 4.74 Å². The fourth-order valence-electron chi connectivity index (χ4n) is 2.92. The van der Waals surface area contributed by atoms with Crippen molar-refractivity contribution in [1.29, 1.82) is 0 Å². The summed E-state index contributed by atoms with van der Waals surface area (Å²) in [4.78, 5) is 0. The molecule has 2 aliphatic rings. The van der Waals surface area contributed by atoms with Gasteiger partial charge in [0.2, 0.25) is 0 Å². The molecule has 5 atom stereocenters. The van der Waals surface area contributed by atoms with E-state index in [1.54, 1.807) is 0 Å². The fraction of sp³-hybridized carbons (Fsp3) is 1.00. The van der Waals surface area contributed by atoms with E-state index in [0.717, 1.165) is 5.92 Å². The van der Waals surface area contributed by atoms with Gasteiger partial charge in [0.25, 0.3) is 0 Å². The van der Waals surface area contributed by atoms with Gasteiger partial charge in [-0.15, -0.1) is 11.6 Å². The van der Waals surface area contributed by atoms with Crippen LogP contribution in [0.15, 0.2) is 0 Å². The first-order chi connectivity index (χ1) is 6.66. The Bertz CT molecular complexity index is 195. The average Bonchev–Trinajstić information content (AvgIpc) is 2.67. The molecule has 2 fully saturated rings. The van der Waals surface area contributed by atoms with Crippen LogP contribution in [0.1, 0.15) is 46.0 Å². The van der Waals surface area contributed by atoms with Gasteiger partial charge in [-0.2, -0.15) is 0 Å². The zero-order valence-electron chi connectivity index (χ0n) is 9.21. The zero-order valence-corrected chi connectivity index (χ0v) is 9.96. The second-order valence-electron chi connectivity index (χ2n) is 5.09. The molecule has 2 rings (SSSR count). The molecule has 0 aromatic heterocycles. The van der Waals surface area contributed by atoms with Crippen LogP contribution >= 0.6 is 11.6 Å². The second kappa shape index (κ2) is 4.40. The Labute approximate surface area is 92.2 Å². The van der Waals surface area contributed by atoms with Crippen molar-refractivity contribution >= 4 is 11.6 Å². The number of ether oxygens (including phenoxy) is 1. The molecule has 5 unspecified atom stereocenters. The van der Waals surface area contributed by atoms with E-state index in [0.29, 0.717) is 23.5 Å². The maximum atomic E-state index is 6.23. The van der Waals surface area contributed by atoms with Crippen LogP contribution in [0.25, 0.3) is 0 Å². The molecule has 1 nitrogen and oxygen atoms in total. The number of hydrogen-bond acceptors (Lipinski definition) is 1. The minimum atomic E-state index is 0.416. The Morgan fingerprint density at radius 3 is 2.43 bits per heavy atom. The quantitative estimate of drug-likeness (QED) is 0.641. The van der Waals surface area contributed by atoms with E-state index in [2.05, 4.69) is 13.8 Å². The molecule has 1 heterocycles. The zero-order chi connectivity index (χ0) is 10.1. The summed E-state index contributed by atoms with van der Waals surface area (Å²) in [5.74, 6) is 1.50. The molecule has 0 bridgehead atoms. The molecule has 0 radical (unpaired) electrons. The van der Waals surface area contributed by atoms with Crippen LogP contribution in [0.2, 0.25) is 0 Å². The van der Waals surface area contributed by atoms with Crippen LogP contribution in [0.5, 0.6) is 0 Å². The topological polar surface area (TPSA) is 9.23 Å². The van der Waals surface area contributed by atoms with Crippen LogP contribution < -0.4 is 0 Å². The van der Waals surface area contributed by atoms with Gasteiger partial charge in [-0.1, -0.05) is 6.92 Å². The molecule has 14 heavy (non-hydrogen) atoms. The largest absolute Gasteiger partial charge is 0.375 e. The Hall–Kier alpha value is 0.250. The Morgan fingerprint density at radius 1 is 1.14 bits per heavy atom. The summed E-state index contributed by atoms with van der Waals surface area (Å²) < 4.78 is 5.86. The van der Waals surface area contributed by atoms with E-state index in [1.165, 1.54) is 32.1 Å². The summed E-state index contributed by atoms with van der Waals surface area (Å²) in [5, 5.41) is 0.416. The first kappa shape index (κ1) is 10.8. The maximum absolute atomic E-state index is 6.23. The Morgan fingerprint density at radius 2 is 1.93 bits per heavy atom. The predicted molar refractivity (Wildman–Crippen MR) is 59.7 cm³/mol. The summed E-state index contributed by atoms with van der Waals surface area (Å²) in [5.41, 5.74) is 0. The Kier molecular flexibility index (Phi) is 3.38. The van der Waals surface area contributed by atoms with Crippen molar-refractivity contribution in [2.24, 2.45) is 11.8 Å². The minimum Gasteiger partial charge on any atom is -0.375 e. The van der Waals surface area contributed by atoms with Gasteiger partial charge in [0.15, 0.2) is 0 Å². The van der Waals surface area contributed by atoms with Gasteiger partial charge < -0.3 is 4.74 Å². The molecule has 0 N–H and O–H groups in total. The molecule has 1 saturated heterocycles. The third kappa shape index (κ3) is 2.25. The highest BCUT2D eigenvalue weighted by molar-refractivity contribution is 6.20. The molecule has 2 heteroatoms. The summed E-state index contributed by atoms with van der Waals surface area (Å²) >= 11 is 6.23. The molecular formula is C12H21ClO. The van der Waals surface area contributed by atoms with E-state index < -0.39 is 0 Å². The summed E-state index contributed by atoms with van der Waals surface area (Å²) in [6, 6.07) is 0. The van der Waals surface area contributed by atoms with Gasteiger partial charge in [-0.25, -0.2) is 0 Å². The van der Waals surface area contributed by atoms with Crippen molar-refractivity contribution in [2.75, 3.05) is 0 Å². The molecule has 1 aliphatic heterocycles. The summed E-state index contributed by atoms with van der Waals surface area (Å²) in [7, 11) is 0. The molecule has 0 amide bonds. The first-order valence-corrected chi connectivity index (χ1v) is 6.40. The van der Waals surface area contributed by atoms with E-state index >= 15 is 0 Å². The van der Waals surface area contributed by atoms with E-state index in [-0.39, 0.29) is 0 Å². The van der Waals surface area contributed by atoms with Crippen molar-refractivity contribution in [2.45, 2.75) is 63.5 Å². The molecule has 0 aromatic rings. The normalized spacial score (nSPS) is 48.6. The highest BCUT2D eigenvalue weighted by atomic mass is 35.5. The highest BCUT2D eigenvalue weighted by Crippen LogP contribution is 2.40. The van der Waals surface area contributed by atoms with E-state index in [9.17, 15) is 0 Å². The molecule has 82 valence electrons. The smallest absolute Gasteiger partial charge is 0.0582 e. The van der Waals surface area contributed by atoms with Crippen molar-refractivity contribution in [3.05, 3.63) is 0 Å². The van der Waals surface area contributed by atoms with Crippen molar-refractivity contribution in [3.63, 3.8) is 0 Å². The molecule has 0 spiro atoms. The first-order valence-electron chi connectivity index (χ1n) is 5.96. The number of hydrogen-bond donors (Lipinski definition) is 0.